The zero-order chi connectivity index (χ0) is 18.7. The summed E-state index contributed by atoms with van der Waals surface area (Å²) in [6.45, 7) is 2.23. The van der Waals surface area contributed by atoms with Crippen molar-refractivity contribution >= 4 is 34.8 Å². The monoisotopic (exact) mass is 389 g/mol. The van der Waals surface area contributed by atoms with Crippen LogP contribution >= 0.6 is 23.2 Å². The molecular weight excluding hydrogens is 373 g/mol. The van der Waals surface area contributed by atoms with Crippen molar-refractivity contribution in [2.45, 2.75) is 13.5 Å². The van der Waals surface area contributed by atoms with Crippen LogP contribution in [0.4, 0.5) is 5.69 Å². The number of aryl methyl sites for hydroxylation is 1. The number of amides is 1. The summed E-state index contributed by atoms with van der Waals surface area (Å²) < 4.78 is 7.40. The predicted molar refractivity (Wildman–Crippen MR) is 103 cm³/mol. The standard InChI is InChI=1S/C19H17Cl2N3O2/c1-12-17(10-22-24(12)2)23-19(25)14-5-3-13(4-6-14)11-26-18-8-7-15(20)9-16(18)21/h3-10H,11H2,1-2H3,(H,23,25). The first-order valence-electron chi connectivity index (χ1n) is 7.91. The van der Waals surface area contributed by atoms with E-state index in [9.17, 15) is 4.79 Å². The third-order valence-electron chi connectivity index (χ3n) is 3.99. The Morgan fingerprint density at radius 2 is 1.92 bits per heavy atom. The molecule has 1 aromatic heterocycles. The number of ether oxygens (including phenoxy) is 1. The van der Waals surface area contributed by atoms with Crippen molar-refractivity contribution in [3.05, 3.63) is 75.5 Å². The van der Waals surface area contributed by atoms with Crippen molar-refractivity contribution in [3.63, 3.8) is 0 Å². The molecular formula is C19H17Cl2N3O2. The number of hydrogen-bond donors (Lipinski definition) is 1. The Kier molecular flexibility index (Phi) is 5.49. The van der Waals surface area contributed by atoms with Crippen molar-refractivity contribution < 1.29 is 9.53 Å². The lowest BCUT2D eigenvalue weighted by Gasteiger charge is -2.09. The molecule has 1 amide bonds. The molecule has 0 aliphatic heterocycles. The van der Waals surface area contributed by atoms with Crippen LogP contribution in [0.15, 0.2) is 48.7 Å². The number of rotatable bonds is 5. The summed E-state index contributed by atoms with van der Waals surface area (Å²) >= 11 is 12.0. The van der Waals surface area contributed by atoms with Crippen molar-refractivity contribution in [3.8, 4) is 5.75 Å². The molecule has 0 saturated carbocycles. The molecule has 0 atom stereocenters. The van der Waals surface area contributed by atoms with E-state index in [0.717, 1.165) is 11.3 Å². The number of nitrogens with zero attached hydrogens (tertiary/aromatic N) is 2. The normalized spacial score (nSPS) is 10.6. The lowest BCUT2D eigenvalue weighted by atomic mass is 10.1. The average molecular weight is 390 g/mol. The second-order valence-electron chi connectivity index (χ2n) is 5.78. The minimum absolute atomic E-state index is 0.186. The molecule has 0 aliphatic rings. The van der Waals surface area contributed by atoms with Crippen molar-refractivity contribution in [1.29, 1.82) is 0 Å². The third-order valence-corrected chi connectivity index (χ3v) is 4.52. The lowest BCUT2D eigenvalue weighted by Crippen LogP contribution is -2.12. The smallest absolute Gasteiger partial charge is 0.255 e. The highest BCUT2D eigenvalue weighted by Crippen LogP contribution is 2.28. The van der Waals surface area contributed by atoms with Crippen molar-refractivity contribution in [2.24, 2.45) is 7.05 Å². The molecule has 5 nitrogen and oxygen atoms in total. The van der Waals surface area contributed by atoms with Gasteiger partial charge in [-0.15, -0.1) is 0 Å². The van der Waals surface area contributed by atoms with Crippen LogP contribution in [0.1, 0.15) is 21.6 Å². The van der Waals surface area contributed by atoms with Crippen LogP contribution in [-0.2, 0) is 13.7 Å². The van der Waals surface area contributed by atoms with Crippen LogP contribution in [0.2, 0.25) is 10.0 Å². The van der Waals surface area contributed by atoms with Crippen LogP contribution < -0.4 is 10.1 Å². The lowest BCUT2D eigenvalue weighted by molar-refractivity contribution is 0.102. The number of benzene rings is 2. The maximum atomic E-state index is 12.3. The molecule has 1 N–H and O–H groups in total. The quantitative estimate of drug-likeness (QED) is 0.677. The Bertz CT molecular complexity index is 936. The fraction of sp³-hybridized carbons (Fsp3) is 0.158. The first kappa shape index (κ1) is 18.3. The van der Waals surface area contributed by atoms with E-state index in [4.69, 9.17) is 27.9 Å². The zero-order valence-corrected chi connectivity index (χ0v) is 15.8. The molecule has 0 aliphatic carbocycles. The summed E-state index contributed by atoms with van der Waals surface area (Å²) in [7, 11) is 1.83. The highest BCUT2D eigenvalue weighted by molar-refractivity contribution is 6.35. The fourth-order valence-corrected chi connectivity index (χ4v) is 2.78. The van der Waals surface area contributed by atoms with Gasteiger partial charge >= 0.3 is 0 Å². The molecule has 7 heteroatoms. The second kappa shape index (κ2) is 7.81. The summed E-state index contributed by atoms with van der Waals surface area (Å²) in [5.74, 6) is 0.374. The fourth-order valence-electron chi connectivity index (χ4n) is 2.32. The van der Waals surface area contributed by atoms with Gasteiger partial charge in [0.2, 0.25) is 0 Å². The number of hydrogen-bond acceptors (Lipinski definition) is 3. The summed E-state index contributed by atoms with van der Waals surface area (Å²) in [5.41, 5.74) is 3.07. The van der Waals surface area contributed by atoms with Crippen molar-refractivity contribution in [2.75, 3.05) is 5.32 Å². The maximum Gasteiger partial charge on any atom is 0.255 e. The van der Waals surface area contributed by atoms with Crippen LogP contribution in [-0.4, -0.2) is 15.7 Å². The molecule has 0 saturated heterocycles. The van der Waals surface area contributed by atoms with E-state index in [1.165, 1.54) is 0 Å². The highest BCUT2D eigenvalue weighted by atomic mass is 35.5. The molecule has 3 rings (SSSR count). The van der Waals surface area contributed by atoms with E-state index < -0.39 is 0 Å². The Morgan fingerprint density at radius 3 is 2.54 bits per heavy atom. The minimum Gasteiger partial charge on any atom is -0.487 e. The number of aromatic nitrogens is 2. The largest absolute Gasteiger partial charge is 0.487 e. The molecule has 3 aromatic rings. The molecule has 0 spiro atoms. The molecule has 0 radical (unpaired) electrons. The highest BCUT2D eigenvalue weighted by Gasteiger charge is 2.10. The van der Waals surface area contributed by atoms with Gasteiger partial charge in [0.15, 0.2) is 0 Å². The number of carbonyl (C=O) groups excluding carboxylic acids is 1. The average Bonchev–Trinajstić information content (AvgIpc) is 2.93. The Balaban J connectivity index is 1.62. The van der Waals surface area contributed by atoms with E-state index in [-0.39, 0.29) is 5.91 Å². The molecule has 1 heterocycles. The molecule has 26 heavy (non-hydrogen) atoms. The van der Waals surface area contributed by atoms with E-state index >= 15 is 0 Å². The number of anilines is 1. The SMILES string of the molecule is Cc1c(NC(=O)c2ccc(COc3ccc(Cl)cc3Cl)cc2)cnn1C. The summed E-state index contributed by atoms with van der Waals surface area (Å²) in [6, 6.07) is 12.3. The maximum absolute atomic E-state index is 12.3. The molecule has 0 unspecified atom stereocenters. The van der Waals surface area contributed by atoms with E-state index in [1.54, 1.807) is 41.2 Å². The molecule has 0 bridgehead atoms. The van der Waals surface area contributed by atoms with Crippen LogP contribution in [0.25, 0.3) is 0 Å². The van der Waals surface area contributed by atoms with Gasteiger partial charge < -0.3 is 10.1 Å². The van der Waals surface area contributed by atoms with E-state index in [1.807, 2.05) is 26.1 Å². The summed E-state index contributed by atoms with van der Waals surface area (Å²) in [5, 5.41) is 7.98. The van der Waals surface area contributed by atoms with Gasteiger partial charge in [0, 0.05) is 17.6 Å². The van der Waals surface area contributed by atoms with Crippen molar-refractivity contribution in [1.82, 2.24) is 9.78 Å². The van der Waals surface area contributed by atoms with Crippen LogP contribution in [0, 0.1) is 6.92 Å². The van der Waals surface area contributed by atoms with Gasteiger partial charge in [-0.05, 0) is 42.8 Å². The van der Waals surface area contributed by atoms with Gasteiger partial charge in [0.1, 0.15) is 12.4 Å². The molecule has 2 aromatic carbocycles. The van der Waals surface area contributed by atoms with Gasteiger partial charge in [0.25, 0.3) is 5.91 Å². The van der Waals surface area contributed by atoms with Gasteiger partial charge in [-0.2, -0.15) is 5.10 Å². The summed E-state index contributed by atoms with van der Waals surface area (Å²) in [4.78, 5) is 12.3. The first-order chi connectivity index (χ1) is 12.4. The Morgan fingerprint density at radius 1 is 1.19 bits per heavy atom. The van der Waals surface area contributed by atoms with E-state index in [0.29, 0.717) is 33.7 Å². The van der Waals surface area contributed by atoms with Gasteiger partial charge in [-0.25, -0.2) is 0 Å². The van der Waals surface area contributed by atoms with Gasteiger partial charge in [-0.3, -0.25) is 9.48 Å². The van der Waals surface area contributed by atoms with Crippen LogP contribution in [0.3, 0.4) is 0 Å². The van der Waals surface area contributed by atoms with E-state index in [2.05, 4.69) is 10.4 Å². The molecule has 0 fully saturated rings. The van der Waals surface area contributed by atoms with Gasteiger partial charge in [-0.1, -0.05) is 35.3 Å². The number of halogens is 2. The summed E-state index contributed by atoms with van der Waals surface area (Å²) in [6.07, 6.45) is 1.63. The van der Waals surface area contributed by atoms with Crippen LogP contribution in [0.5, 0.6) is 5.75 Å². The molecule has 134 valence electrons. The minimum atomic E-state index is -0.186. The Hall–Kier alpha value is -2.50. The zero-order valence-electron chi connectivity index (χ0n) is 14.3. The number of nitrogens with one attached hydrogen (secondary N) is 1. The predicted octanol–water partition coefficient (Wildman–Crippen LogP) is 4.87. The number of carbonyl (C=O) groups is 1. The topological polar surface area (TPSA) is 56.1 Å². The van der Waals surface area contributed by atoms with Gasteiger partial charge in [0.05, 0.1) is 22.6 Å². The first-order valence-corrected chi connectivity index (χ1v) is 8.66. The Labute approximate surface area is 161 Å². The third kappa shape index (κ3) is 4.18. The second-order valence-corrected chi connectivity index (χ2v) is 6.63.